The van der Waals surface area contributed by atoms with Crippen LogP contribution in [0.4, 0.5) is 0 Å². The largest absolute Gasteiger partial charge is 0.462 e. The van der Waals surface area contributed by atoms with Crippen molar-refractivity contribution in [1.29, 1.82) is 0 Å². The summed E-state index contributed by atoms with van der Waals surface area (Å²) in [6, 6.07) is 3.96. The molecule has 0 unspecified atom stereocenters. The van der Waals surface area contributed by atoms with Gasteiger partial charge in [-0.2, -0.15) is 0 Å². The molecule has 0 aliphatic heterocycles. The number of hydrogen-bond acceptors (Lipinski definition) is 4. The number of nitrogens with two attached hydrogens (primary N) is 1. The Morgan fingerprint density at radius 1 is 1.44 bits per heavy atom. The monoisotopic (exact) mass is 307 g/mol. The van der Waals surface area contributed by atoms with Crippen molar-refractivity contribution < 1.29 is 17.9 Å². The van der Waals surface area contributed by atoms with Crippen molar-refractivity contribution in [1.82, 2.24) is 0 Å². The van der Waals surface area contributed by atoms with Crippen LogP contribution in [-0.2, 0) is 14.8 Å². The predicted octanol–water partition coefficient (Wildman–Crippen LogP) is 1.27. The Morgan fingerprint density at radius 2 is 2.06 bits per heavy atom. The van der Waals surface area contributed by atoms with Gasteiger partial charge in [-0.25, -0.2) is 18.4 Å². The number of halogens is 1. The molecule has 0 fully saturated rings. The van der Waals surface area contributed by atoms with Gasteiger partial charge >= 0.3 is 5.97 Å². The van der Waals surface area contributed by atoms with Crippen molar-refractivity contribution in [2.24, 2.45) is 5.14 Å². The molecule has 0 aliphatic carbocycles. The van der Waals surface area contributed by atoms with Crippen molar-refractivity contribution >= 4 is 31.9 Å². The lowest BCUT2D eigenvalue weighted by Gasteiger charge is -2.05. The first kappa shape index (κ1) is 13.1. The Bertz CT molecular complexity index is 512. The smallest absolute Gasteiger partial charge is 0.338 e. The second kappa shape index (κ2) is 4.94. The zero-order valence-electron chi connectivity index (χ0n) is 8.44. The highest BCUT2D eigenvalue weighted by Crippen LogP contribution is 2.19. The van der Waals surface area contributed by atoms with E-state index in [0.717, 1.165) is 0 Å². The maximum atomic E-state index is 11.4. The normalized spacial score (nSPS) is 11.2. The van der Waals surface area contributed by atoms with Crippen LogP contribution in [0.5, 0.6) is 0 Å². The molecule has 1 aromatic carbocycles. The second-order valence-electron chi connectivity index (χ2n) is 2.94. The van der Waals surface area contributed by atoms with Crippen LogP contribution in [0.3, 0.4) is 0 Å². The number of hydrogen-bond donors (Lipinski definition) is 1. The molecule has 16 heavy (non-hydrogen) atoms. The number of primary sulfonamides is 1. The molecule has 0 bridgehead atoms. The molecule has 0 atom stereocenters. The van der Waals surface area contributed by atoms with Gasteiger partial charge in [-0.05, 0) is 25.1 Å². The highest BCUT2D eigenvalue weighted by atomic mass is 79.9. The predicted molar refractivity (Wildman–Crippen MR) is 61.5 cm³/mol. The average Bonchev–Trinajstić information content (AvgIpc) is 2.16. The quantitative estimate of drug-likeness (QED) is 0.852. The lowest BCUT2D eigenvalue weighted by Crippen LogP contribution is -2.14. The van der Waals surface area contributed by atoms with Crippen LogP contribution in [0.1, 0.15) is 17.3 Å². The summed E-state index contributed by atoms with van der Waals surface area (Å²) in [4.78, 5) is 11.3. The highest BCUT2D eigenvalue weighted by molar-refractivity contribution is 9.10. The zero-order valence-corrected chi connectivity index (χ0v) is 10.8. The molecule has 1 aromatic rings. The molecule has 0 heterocycles. The Balaban J connectivity index is 3.24. The molecule has 2 N–H and O–H groups in total. The summed E-state index contributed by atoms with van der Waals surface area (Å²) in [5.41, 5.74) is 0.139. The number of carbonyl (C=O) groups excluding carboxylic acids is 1. The molecular weight excluding hydrogens is 298 g/mol. The number of ether oxygens (including phenoxy) is 1. The van der Waals surface area contributed by atoms with Crippen LogP contribution >= 0.6 is 15.9 Å². The van der Waals surface area contributed by atoms with Crippen molar-refractivity contribution in [2.75, 3.05) is 6.61 Å². The van der Waals surface area contributed by atoms with E-state index in [1.807, 2.05) is 0 Å². The lowest BCUT2D eigenvalue weighted by molar-refractivity contribution is 0.0526. The molecular formula is C9H10BrNO4S. The zero-order chi connectivity index (χ0) is 12.3. The van der Waals surface area contributed by atoms with E-state index >= 15 is 0 Å². The second-order valence-corrected chi connectivity index (χ2v) is 5.42. The third-order valence-corrected chi connectivity index (χ3v) is 3.06. The minimum atomic E-state index is -3.83. The number of benzene rings is 1. The molecule has 7 heteroatoms. The van der Waals surface area contributed by atoms with Crippen molar-refractivity contribution in [3.63, 3.8) is 0 Å². The summed E-state index contributed by atoms with van der Waals surface area (Å²) in [5, 5.41) is 4.97. The fraction of sp³-hybridized carbons (Fsp3) is 0.222. The molecule has 0 amide bonds. The first-order chi connectivity index (χ1) is 7.34. The summed E-state index contributed by atoms with van der Waals surface area (Å²) in [6.45, 7) is 1.88. The van der Waals surface area contributed by atoms with Gasteiger partial charge in [0.1, 0.15) is 0 Å². The maximum absolute atomic E-state index is 11.4. The van der Waals surface area contributed by atoms with Gasteiger partial charge in [-0.1, -0.05) is 15.9 Å². The third kappa shape index (κ3) is 3.29. The van der Waals surface area contributed by atoms with Crippen LogP contribution in [-0.4, -0.2) is 21.0 Å². The Hall–Kier alpha value is -0.920. The van der Waals surface area contributed by atoms with E-state index in [0.29, 0.717) is 4.47 Å². The summed E-state index contributed by atoms with van der Waals surface area (Å²) in [7, 11) is -3.83. The van der Waals surface area contributed by atoms with Crippen LogP contribution in [0.15, 0.2) is 27.6 Å². The molecule has 0 aliphatic rings. The molecule has 88 valence electrons. The fourth-order valence-electron chi connectivity index (χ4n) is 1.06. The number of sulfonamides is 1. The average molecular weight is 308 g/mol. The molecule has 0 spiro atoms. The van der Waals surface area contributed by atoms with Crippen molar-refractivity contribution in [2.45, 2.75) is 11.8 Å². The van der Waals surface area contributed by atoms with E-state index in [4.69, 9.17) is 9.88 Å². The number of esters is 1. The van der Waals surface area contributed by atoms with Gasteiger partial charge in [0.15, 0.2) is 0 Å². The highest BCUT2D eigenvalue weighted by Gasteiger charge is 2.14. The van der Waals surface area contributed by atoms with E-state index in [9.17, 15) is 13.2 Å². The summed E-state index contributed by atoms with van der Waals surface area (Å²) in [5.74, 6) is -0.589. The van der Waals surface area contributed by atoms with Crippen LogP contribution in [0, 0.1) is 0 Å². The lowest BCUT2D eigenvalue weighted by atomic mass is 10.2. The van der Waals surface area contributed by atoms with Crippen molar-refractivity contribution in [3.05, 3.63) is 28.2 Å². The van der Waals surface area contributed by atoms with E-state index in [1.54, 1.807) is 6.92 Å². The standard InChI is InChI=1S/C9H10BrNO4S/c1-2-15-9(12)6-3-7(10)5-8(4-6)16(11,13)14/h3-5H,2H2,1H3,(H2,11,13,14). The fourth-order valence-corrected chi connectivity index (χ4v) is 2.29. The Labute approximate surface area is 102 Å². The first-order valence-corrected chi connectivity index (χ1v) is 6.69. The maximum Gasteiger partial charge on any atom is 0.338 e. The summed E-state index contributed by atoms with van der Waals surface area (Å²) >= 11 is 3.10. The molecule has 1 rings (SSSR count). The number of carbonyl (C=O) groups is 1. The van der Waals surface area contributed by atoms with Gasteiger partial charge in [0, 0.05) is 4.47 Å². The molecule has 0 saturated heterocycles. The van der Waals surface area contributed by atoms with Crippen LogP contribution < -0.4 is 5.14 Å². The molecule has 0 saturated carbocycles. The van der Waals surface area contributed by atoms with Gasteiger partial charge in [-0.15, -0.1) is 0 Å². The minimum absolute atomic E-state index is 0.134. The molecule has 0 radical (unpaired) electrons. The SMILES string of the molecule is CCOC(=O)c1cc(Br)cc(S(N)(=O)=O)c1. The summed E-state index contributed by atoms with van der Waals surface area (Å²) < 4.78 is 27.4. The van der Waals surface area contributed by atoms with Gasteiger partial charge in [0.2, 0.25) is 10.0 Å². The van der Waals surface area contributed by atoms with Gasteiger partial charge < -0.3 is 4.74 Å². The number of rotatable bonds is 3. The van der Waals surface area contributed by atoms with Crippen molar-refractivity contribution in [3.8, 4) is 0 Å². The Morgan fingerprint density at radius 3 is 2.56 bits per heavy atom. The third-order valence-electron chi connectivity index (χ3n) is 1.71. The molecule has 0 aromatic heterocycles. The topological polar surface area (TPSA) is 86.5 Å². The van der Waals surface area contributed by atoms with Gasteiger partial charge in [0.05, 0.1) is 17.1 Å². The summed E-state index contributed by atoms with van der Waals surface area (Å²) in [6.07, 6.45) is 0. The molecule has 5 nitrogen and oxygen atoms in total. The van der Waals surface area contributed by atoms with E-state index < -0.39 is 16.0 Å². The van der Waals surface area contributed by atoms with Crippen LogP contribution in [0.2, 0.25) is 0 Å². The Kier molecular flexibility index (Phi) is 4.06. The van der Waals surface area contributed by atoms with Gasteiger partial charge in [-0.3, -0.25) is 0 Å². The van der Waals surface area contributed by atoms with E-state index in [-0.39, 0.29) is 17.1 Å². The van der Waals surface area contributed by atoms with Gasteiger partial charge in [0.25, 0.3) is 0 Å². The first-order valence-electron chi connectivity index (χ1n) is 4.35. The van der Waals surface area contributed by atoms with E-state index in [2.05, 4.69) is 15.9 Å². The van der Waals surface area contributed by atoms with E-state index in [1.165, 1.54) is 18.2 Å². The minimum Gasteiger partial charge on any atom is -0.462 e. The van der Waals surface area contributed by atoms with Crippen LogP contribution in [0.25, 0.3) is 0 Å².